The van der Waals surface area contributed by atoms with Crippen LogP contribution in [-0.4, -0.2) is 42.1 Å². The maximum atomic E-state index is 15.3. The van der Waals surface area contributed by atoms with Crippen molar-refractivity contribution in [2.75, 3.05) is 13.8 Å². The highest BCUT2D eigenvalue weighted by Crippen LogP contribution is 2.48. The van der Waals surface area contributed by atoms with E-state index >= 15 is 4.39 Å². The molecule has 3 rings (SSSR count). The van der Waals surface area contributed by atoms with Gasteiger partial charge >= 0.3 is 18.1 Å². The van der Waals surface area contributed by atoms with Gasteiger partial charge in [-0.05, 0) is 38.1 Å². The Bertz CT molecular complexity index is 1210. The Kier molecular flexibility index (Phi) is 8.22. The van der Waals surface area contributed by atoms with Gasteiger partial charge in [0.15, 0.2) is 0 Å². The molecule has 0 radical (unpaired) electrons. The summed E-state index contributed by atoms with van der Waals surface area (Å²) in [5, 5.41) is -0.865. The molecule has 12 heteroatoms. The van der Waals surface area contributed by atoms with Gasteiger partial charge in [-0.15, -0.1) is 0 Å². The zero-order chi connectivity index (χ0) is 26.8. The van der Waals surface area contributed by atoms with Crippen LogP contribution in [-0.2, 0) is 31.8 Å². The summed E-state index contributed by atoms with van der Waals surface area (Å²) in [6, 6.07) is 4.67. The molecule has 1 aromatic heterocycles. The number of esters is 2. The van der Waals surface area contributed by atoms with Gasteiger partial charge in [-0.25, -0.2) is 13.6 Å². The first-order valence-electron chi connectivity index (χ1n) is 10.7. The fourth-order valence-corrected chi connectivity index (χ4v) is 4.39. The number of aliphatic imine (C=N–C) groups is 1. The first-order chi connectivity index (χ1) is 16.9. The normalized spacial score (nSPS) is 18.3. The average molecular weight is 533 g/mol. The monoisotopic (exact) mass is 532 g/mol. The number of methoxy groups -OCH3 is 1. The van der Waals surface area contributed by atoms with Crippen LogP contribution in [0.3, 0.4) is 0 Å². The fourth-order valence-electron chi connectivity index (χ4n) is 4.12. The predicted molar refractivity (Wildman–Crippen MR) is 121 cm³/mol. The van der Waals surface area contributed by atoms with Crippen LogP contribution >= 0.6 is 11.6 Å². The third-order valence-electron chi connectivity index (χ3n) is 5.48. The Balaban J connectivity index is 2.45. The van der Waals surface area contributed by atoms with Gasteiger partial charge in [0.1, 0.15) is 18.4 Å². The molecule has 2 unspecified atom stereocenters. The van der Waals surface area contributed by atoms with Crippen LogP contribution in [0.1, 0.15) is 30.9 Å². The molecule has 2 aromatic rings. The van der Waals surface area contributed by atoms with Crippen molar-refractivity contribution in [1.82, 2.24) is 4.57 Å². The third kappa shape index (κ3) is 5.45. The Hall–Kier alpha value is -3.21. The zero-order valence-electron chi connectivity index (χ0n) is 19.4. The summed E-state index contributed by atoms with van der Waals surface area (Å²) in [4.78, 5) is 30.2. The summed E-state index contributed by atoms with van der Waals surface area (Å²) in [6.07, 6.45) is -2.77. The van der Waals surface area contributed by atoms with Gasteiger partial charge < -0.3 is 14.0 Å². The molecule has 6 nitrogen and oxygen atoms in total. The van der Waals surface area contributed by atoms with E-state index in [9.17, 15) is 27.2 Å². The van der Waals surface area contributed by atoms with Crippen LogP contribution in [0, 0.1) is 11.7 Å². The highest BCUT2D eigenvalue weighted by atomic mass is 35.5. The lowest BCUT2D eigenvalue weighted by atomic mass is 9.73. The number of carbonyl (C=O) groups excluding carboxylic acids is 2. The van der Waals surface area contributed by atoms with Gasteiger partial charge in [0.25, 0.3) is 0 Å². The van der Waals surface area contributed by atoms with Crippen molar-refractivity contribution in [2.24, 2.45) is 10.9 Å². The largest absolute Gasteiger partial charge is 0.468 e. The van der Waals surface area contributed by atoms with Crippen LogP contribution in [0.4, 0.5) is 22.0 Å². The Morgan fingerprint density at radius 1 is 1.19 bits per heavy atom. The maximum Gasteiger partial charge on any atom is 0.418 e. The standard InChI is InChI=1S/C24H22ClF5N2O4/c1-12(2)36-23(34)19-16(11-32-8-4-5-9-32)31-15(10-26)18(22(33)35-3)20(19)17-14(27)7-6-13(25)21(17)24(28,29)30/h4-9,12,18,20H,10-11H2,1-3H3. The van der Waals surface area contributed by atoms with Crippen molar-refractivity contribution in [3.63, 3.8) is 0 Å². The highest BCUT2D eigenvalue weighted by molar-refractivity contribution is 6.31. The molecular weight excluding hydrogens is 511 g/mol. The van der Waals surface area contributed by atoms with Crippen LogP contribution in [0.5, 0.6) is 0 Å². The minimum atomic E-state index is -5.19. The Morgan fingerprint density at radius 2 is 1.83 bits per heavy atom. The lowest BCUT2D eigenvalue weighted by Crippen LogP contribution is -2.40. The Morgan fingerprint density at radius 3 is 2.36 bits per heavy atom. The topological polar surface area (TPSA) is 69.9 Å². The second-order valence-corrected chi connectivity index (χ2v) is 8.61. The number of aromatic nitrogens is 1. The van der Waals surface area contributed by atoms with Crippen molar-refractivity contribution < 1.29 is 41.0 Å². The fraction of sp³-hybridized carbons (Fsp3) is 0.375. The summed E-state index contributed by atoms with van der Waals surface area (Å²) < 4.78 is 83.5. The van der Waals surface area contributed by atoms with E-state index in [-0.39, 0.29) is 12.2 Å². The smallest absolute Gasteiger partial charge is 0.418 e. The van der Waals surface area contributed by atoms with Crippen LogP contribution in [0.2, 0.25) is 5.02 Å². The maximum absolute atomic E-state index is 15.3. The van der Waals surface area contributed by atoms with Gasteiger partial charge in [-0.2, -0.15) is 13.2 Å². The molecule has 1 aliphatic heterocycles. The second-order valence-electron chi connectivity index (χ2n) is 8.20. The number of hydrogen-bond acceptors (Lipinski definition) is 5. The number of ether oxygens (including phenoxy) is 2. The minimum Gasteiger partial charge on any atom is -0.468 e. The summed E-state index contributed by atoms with van der Waals surface area (Å²) in [5.74, 6) is -7.63. The molecule has 194 valence electrons. The number of benzene rings is 1. The Labute approximate surface area is 208 Å². The number of hydrogen-bond donors (Lipinski definition) is 0. The summed E-state index contributed by atoms with van der Waals surface area (Å²) in [7, 11) is 0.930. The molecular formula is C24H22ClF5N2O4. The predicted octanol–water partition coefficient (Wildman–Crippen LogP) is 5.50. The molecule has 0 saturated heterocycles. The summed E-state index contributed by atoms with van der Waals surface area (Å²) in [5.41, 5.74) is -3.95. The van der Waals surface area contributed by atoms with E-state index in [1.54, 1.807) is 24.5 Å². The van der Waals surface area contributed by atoms with E-state index in [1.807, 2.05) is 0 Å². The first-order valence-corrected chi connectivity index (χ1v) is 11.1. The van der Waals surface area contributed by atoms with Gasteiger partial charge in [0, 0.05) is 23.9 Å². The zero-order valence-corrected chi connectivity index (χ0v) is 20.2. The second kappa shape index (κ2) is 10.8. The van der Waals surface area contributed by atoms with Crippen molar-refractivity contribution >= 4 is 29.3 Å². The van der Waals surface area contributed by atoms with Crippen LogP contribution in [0.15, 0.2) is 52.9 Å². The van der Waals surface area contributed by atoms with E-state index in [4.69, 9.17) is 21.1 Å². The lowest BCUT2D eigenvalue weighted by Gasteiger charge is -2.34. The van der Waals surface area contributed by atoms with Crippen molar-refractivity contribution in [3.8, 4) is 0 Å². The van der Waals surface area contributed by atoms with Crippen LogP contribution < -0.4 is 0 Å². The third-order valence-corrected chi connectivity index (χ3v) is 5.80. The van der Waals surface area contributed by atoms with Crippen molar-refractivity contribution in [3.05, 3.63) is 69.9 Å². The molecule has 0 fully saturated rings. The van der Waals surface area contributed by atoms with Gasteiger partial charge in [0.2, 0.25) is 0 Å². The number of alkyl halides is 4. The quantitative estimate of drug-likeness (QED) is 0.349. The van der Waals surface area contributed by atoms with E-state index in [1.165, 1.54) is 18.4 Å². The highest BCUT2D eigenvalue weighted by Gasteiger charge is 2.50. The number of allylic oxidation sites excluding steroid dienone is 1. The molecule has 0 N–H and O–H groups in total. The molecule has 36 heavy (non-hydrogen) atoms. The lowest BCUT2D eigenvalue weighted by molar-refractivity contribution is -0.146. The molecule has 0 spiro atoms. The number of nitrogens with zero attached hydrogens (tertiary/aromatic N) is 2. The molecule has 0 aliphatic carbocycles. The summed E-state index contributed by atoms with van der Waals surface area (Å²) in [6.45, 7) is 1.42. The molecule has 0 saturated carbocycles. The number of halogens is 6. The van der Waals surface area contributed by atoms with Crippen LogP contribution in [0.25, 0.3) is 0 Å². The molecule has 0 amide bonds. The van der Waals surface area contributed by atoms with E-state index in [2.05, 4.69) is 4.99 Å². The SMILES string of the molecule is COC(=O)C1C(CF)=NC(Cn2cccc2)=C(C(=O)OC(C)C)C1c1c(F)ccc(Cl)c1C(F)(F)F. The van der Waals surface area contributed by atoms with Gasteiger partial charge in [0.05, 0.1) is 47.3 Å². The summed E-state index contributed by atoms with van der Waals surface area (Å²) >= 11 is 5.86. The van der Waals surface area contributed by atoms with Crippen molar-refractivity contribution in [2.45, 2.75) is 38.6 Å². The molecule has 2 atom stereocenters. The van der Waals surface area contributed by atoms with E-state index < -0.39 is 76.0 Å². The number of rotatable bonds is 7. The number of carbonyl (C=O) groups is 2. The average Bonchev–Trinajstić information content (AvgIpc) is 3.30. The van der Waals surface area contributed by atoms with E-state index in [0.29, 0.717) is 12.1 Å². The van der Waals surface area contributed by atoms with Gasteiger partial charge in [-0.1, -0.05) is 11.6 Å². The van der Waals surface area contributed by atoms with E-state index in [0.717, 1.165) is 7.11 Å². The minimum absolute atomic E-state index is 0.192. The molecule has 1 aliphatic rings. The first kappa shape index (κ1) is 27.4. The van der Waals surface area contributed by atoms with Crippen molar-refractivity contribution in [1.29, 1.82) is 0 Å². The molecule has 0 bridgehead atoms. The molecule has 2 heterocycles. The van der Waals surface area contributed by atoms with Gasteiger partial charge in [-0.3, -0.25) is 9.79 Å². The molecule has 1 aromatic carbocycles.